The highest BCUT2D eigenvalue weighted by Crippen LogP contribution is 2.22. The van der Waals surface area contributed by atoms with Gasteiger partial charge in [-0.15, -0.1) is 0 Å². The zero-order valence-corrected chi connectivity index (χ0v) is 12.0. The van der Waals surface area contributed by atoms with Crippen LogP contribution in [0.25, 0.3) is 0 Å². The van der Waals surface area contributed by atoms with Crippen molar-refractivity contribution in [2.75, 3.05) is 5.32 Å². The van der Waals surface area contributed by atoms with Crippen LogP contribution in [-0.2, 0) is 14.8 Å². The predicted molar refractivity (Wildman–Crippen MR) is 73.9 cm³/mol. The van der Waals surface area contributed by atoms with E-state index in [0.717, 1.165) is 0 Å². The number of benzene rings is 1. The number of para-hydroxylation sites is 1. The maximum Gasteiger partial charge on any atom is 0.241 e. The predicted octanol–water partition coefficient (Wildman–Crippen LogP) is 0.646. The summed E-state index contributed by atoms with van der Waals surface area (Å²) >= 11 is 0. The van der Waals surface area contributed by atoms with Gasteiger partial charge in [0.1, 0.15) is 4.90 Å². The van der Waals surface area contributed by atoms with Gasteiger partial charge in [-0.2, -0.15) is 0 Å². The number of hydrogen-bond acceptors (Lipinski definition) is 4. The summed E-state index contributed by atoms with van der Waals surface area (Å²) in [6.07, 6.45) is 0. The first-order valence-corrected chi connectivity index (χ1v) is 7.26. The molecule has 0 fully saturated rings. The highest BCUT2D eigenvalue weighted by atomic mass is 32.2. The zero-order chi connectivity index (χ0) is 14.8. The van der Waals surface area contributed by atoms with Gasteiger partial charge in [-0.05, 0) is 17.5 Å². The fourth-order valence-corrected chi connectivity index (χ4v) is 2.12. The summed E-state index contributed by atoms with van der Waals surface area (Å²) in [6.45, 7) is 5.47. The summed E-state index contributed by atoms with van der Waals surface area (Å²) in [5, 5.41) is 7.59. The molecule has 0 aliphatic carbocycles. The van der Waals surface area contributed by atoms with Crippen molar-refractivity contribution in [1.82, 2.24) is 0 Å². The van der Waals surface area contributed by atoms with Gasteiger partial charge in [0.2, 0.25) is 15.9 Å². The Balaban J connectivity index is 3.05. The Morgan fingerprint density at radius 2 is 1.79 bits per heavy atom. The van der Waals surface area contributed by atoms with Crippen LogP contribution in [0.1, 0.15) is 20.8 Å². The van der Waals surface area contributed by atoms with Crippen LogP contribution >= 0.6 is 0 Å². The van der Waals surface area contributed by atoms with Crippen molar-refractivity contribution in [3.8, 4) is 0 Å². The van der Waals surface area contributed by atoms with Crippen molar-refractivity contribution in [2.24, 2.45) is 16.3 Å². The van der Waals surface area contributed by atoms with E-state index >= 15 is 0 Å². The largest absolute Gasteiger partial charge is 0.323 e. The third-order valence-electron chi connectivity index (χ3n) is 2.67. The lowest BCUT2D eigenvalue weighted by atomic mass is 9.87. The summed E-state index contributed by atoms with van der Waals surface area (Å²) in [5.41, 5.74) is 5.51. The van der Waals surface area contributed by atoms with Crippen LogP contribution in [0.2, 0.25) is 0 Å². The molecule has 0 radical (unpaired) electrons. The minimum atomic E-state index is -3.90. The maximum absolute atomic E-state index is 12.0. The Labute approximate surface area is 113 Å². The molecule has 0 saturated carbocycles. The molecular formula is C12H19N3O3S. The highest BCUT2D eigenvalue weighted by Gasteiger charge is 2.28. The van der Waals surface area contributed by atoms with Crippen molar-refractivity contribution >= 4 is 21.6 Å². The summed E-state index contributed by atoms with van der Waals surface area (Å²) in [5.74, 6) is -0.455. The molecule has 1 atom stereocenters. The molecule has 7 heteroatoms. The van der Waals surface area contributed by atoms with E-state index in [2.05, 4.69) is 5.32 Å². The van der Waals surface area contributed by atoms with E-state index in [0.29, 0.717) is 0 Å². The summed E-state index contributed by atoms with van der Waals surface area (Å²) < 4.78 is 22.8. The number of nitrogens with one attached hydrogen (secondary N) is 1. The lowest BCUT2D eigenvalue weighted by Gasteiger charge is -2.26. The molecule has 6 nitrogen and oxygen atoms in total. The Bertz CT molecular complexity index is 576. The smallest absolute Gasteiger partial charge is 0.241 e. The van der Waals surface area contributed by atoms with Crippen LogP contribution in [0.4, 0.5) is 5.69 Å². The van der Waals surface area contributed by atoms with E-state index in [1.807, 2.05) is 20.8 Å². The molecule has 0 bridgehead atoms. The molecule has 0 aliphatic heterocycles. The number of amides is 1. The van der Waals surface area contributed by atoms with Gasteiger partial charge >= 0.3 is 0 Å². The van der Waals surface area contributed by atoms with Crippen molar-refractivity contribution in [1.29, 1.82) is 0 Å². The number of carbonyl (C=O) groups is 1. The Kier molecular flexibility index (Phi) is 4.34. The molecular weight excluding hydrogens is 266 g/mol. The fourth-order valence-electron chi connectivity index (χ4n) is 1.42. The molecule has 106 valence electrons. The van der Waals surface area contributed by atoms with Crippen LogP contribution in [0.5, 0.6) is 0 Å². The maximum atomic E-state index is 12.0. The fraction of sp³-hybridized carbons (Fsp3) is 0.417. The van der Waals surface area contributed by atoms with Crippen molar-refractivity contribution in [2.45, 2.75) is 31.7 Å². The van der Waals surface area contributed by atoms with Gasteiger partial charge in [0.15, 0.2) is 0 Å². The first-order valence-electron chi connectivity index (χ1n) is 5.72. The second-order valence-electron chi connectivity index (χ2n) is 5.37. The molecule has 0 spiro atoms. The van der Waals surface area contributed by atoms with Crippen molar-refractivity contribution in [3.63, 3.8) is 0 Å². The first-order chi connectivity index (χ1) is 8.53. The summed E-state index contributed by atoms with van der Waals surface area (Å²) in [4.78, 5) is 11.8. The van der Waals surface area contributed by atoms with Crippen LogP contribution in [0.15, 0.2) is 29.2 Å². The molecule has 1 unspecified atom stereocenters. The third kappa shape index (κ3) is 4.02. The Morgan fingerprint density at radius 1 is 1.26 bits per heavy atom. The van der Waals surface area contributed by atoms with Crippen LogP contribution in [0, 0.1) is 5.41 Å². The van der Waals surface area contributed by atoms with Crippen LogP contribution < -0.4 is 16.2 Å². The third-order valence-corrected chi connectivity index (χ3v) is 3.64. The summed E-state index contributed by atoms with van der Waals surface area (Å²) in [7, 11) is -3.90. The molecule has 1 rings (SSSR count). The SMILES string of the molecule is CC(C)(C)C(N)C(=O)Nc1ccccc1S(N)(=O)=O. The van der Waals surface area contributed by atoms with Gasteiger partial charge in [-0.25, -0.2) is 13.6 Å². The molecule has 0 aromatic heterocycles. The van der Waals surface area contributed by atoms with Gasteiger partial charge in [-0.3, -0.25) is 4.79 Å². The van der Waals surface area contributed by atoms with Crippen molar-refractivity contribution in [3.05, 3.63) is 24.3 Å². The standard InChI is InChI=1S/C12H19N3O3S/c1-12(2,3)10(13)11(16)15-8-6-4-5-7-9(8)19(14,17)18/h4-7,10H,13H2,1-3H3,(H,15,16)(H2,14,17,18). The molecule has 1 aromatic carbocycles. The zero-order valence-electron chi connectivity index (χ0n) is 11.2. The number of anilines is 1. The number of hydrogen-bond donors (Lipinski definition) is 3. The first kappa shape index (κ1) is 15.6. The molecule has 1 aromatic rings. The summed E-state index contributed by atoms with van der Waals surface area (Å²) in [6, 6.07) is 5.16. The Hall–Kier alpha value is -1.44. The van der Waals surface area contributed by atoms with Crippen molar-refractivity contribution < 1.29 is 13.2 Å². The van der Waals surface area contributed by atoms with Gasteiger partial charge in [0, 0.05) is 0 Å². The average molecular weight is 285 g/mol. The lowest BCUT2D eigenvalue weighted by molar-refractivity contribution is -0.119. The second-order valence-corrected chi connectivity index (χ2v) is 6.90. The number of sulfonamides is 1. The topological polar surface area (TPSA) is 115 Å². The minimum absolute atomic E-state index is 0.134. The normalized spacial score (nSPS) is 13.9. The number of nitrogens with two attached hydrogens (primary N) is 2. The average Bonchev–Trinajstić information content (AvgIpc) is 2.26. The van der Waals surface area contributed by atoms with E-state index in [4.69, 9.17) is 10.9 Å². The molecule has 1 amide bonds. The molecule has 0 aliphatic rings. The number of carbonyl (C=O) groups excluding carboxylic acids is 1. The molecule has 0 saturated heterocycles. The van der Waals surface area contributed by atoms with E-state index in [9.17, 15) is 13.2 Å². The number of primary sulfonamides is 1. The van der Waals surface area contributed by atoms with Crippen LogP contribution in [-0.4, -0.2) is 20.4 Å². The highest BCUT2D eigenvalue weighted by molar-refractivity contribution is 7.89. The van der Waals surface area contributed by atoms with E-state index in [1.54, 1.807) is 6.07 Å². The van der Waals surface area contributed by atoms with Crippen LogP contribution in [0.3, 0.4) is 0 Å². The number of rotatable bonds is 3. The van der Waals surface area contributed by atoms with Gasteiger partial charge < -0.3 is 11.1 Å². The van der Waals surface area contributed by atoms with E-state index in [1.165, 1.54) is 18.2 Å². The monoisotopic (exact) mass is 285 g/mol. The molecule has 19 heavy (non-hydrogen) atoms. The van der Waals surface area contributed by atoms with Gasteiger partial charge in [-0.1, -0.05) is 32.9 Å². The minimum Gasteiger partial charge on any atom is -0.323 e. The lowest BCUT2D eigenvalue weighted by Crippen LogP contribution is -2.45. The van der Waals surface area contributed by atoms with Gasteiger partial charge in [0.05, 0.1) is 11.7 Å². The second kappa shape index (κ2) is 5.28. The van der Waals surface area contributed by atoms with E-state index in [-0.39, 0.29) is 10.6 Å². The molecule has 0 heterocycles. The van der Waals surface area contributed by atoms with Gasteiger partial charge in [0.25, 0.3) is 0 Å². The van der Waals surface area contributed by atoms with E-state index < -0.39 is 27.4 Å². The quantitative estimate of drug-likeness (QED) is 0.756. The molecule has 5 N–H and O–H groups in total. The Morgan fingerprint density at radius 3 is 2.26 bits per heavy atom.